The second-order valence-corrected chi connectivity index (χ2v) is 9.33. The number of anilines is 1. The first-order valence-electron chi connectivity index (χ1n) is 10.8. The molecule has 1 aromatic heterocycles. The lowest BCUT2D eigenvalue weighted by Crippen LogP contribution is -2.17. The maximum Gasteiger partial charge on any atom is 0.291 e. The van der Waals surface area contributed by atoms with E-state index in [1.807, 2.05) is 68.1 Å². The number of carbonyl (C=O) groups excluding carboxylic acids is 1. The van der Waals surface area contributed by atoms with Crippen molar-refractivity contribution in [1.82, 2.24) is 0 Å². The number of nitrogens with one attached hydrogen (secondary N) is 1. The van der Waals surface area contributed by atoms with Gasteiger partial charge in [-0.15, -0.1) is 0 Å². The van der Waals surface area contributed by atoms with Crippen molar-refractivity contribution in [3.8, 4) is 0 Å². The van der Waals surface area contributed by atoms with Crippen LogP contribution in [0.5, 0.6) is 0 Å². The zero-order valence-electron chi connectivity index (χ0n) is 18.1. The first-order valence-corrected chi connectivity index (χ1v) is 11.9. The third-order valence-electron chi connectivity index (χ3n) is 5.30. The number of hydrogen-bond donors (Lipinski definition) is 1. The minimum Gasteiger partial charge on any atom is -0.451 e. The topological polar surface area (TPSA) is 60.7 Å². The minimum atomic E-state index is -0.257. The summed E-state index contributed by atoms with van der Waals surface area (Å²) in [5.41, 5.74) is 3.44. The van der Waals surface area contributed by atoms with E-state index in [-0.39, 0.29) is 12.0 Å². The fourth-order valence-corrected chi connectivity index (χ4v) is 4.79. The number of para-hydroxylation sites is 1. The number of ether oxygens (including phenoxy) is 2. The molecule has 6 heteroatoms. The number of rotatable bonds is 8. The van der Waals surface area contributed by atoms with E-state index in [9.17, 15) is 4.79 Å². The summed E-state index contributed by atoms with van der Waals surface area (Å²) in [6, 6.07) is 15.7. The van der Waals surface area contributed by atoms with Crippen molar-refractivity contribution in [2.75, 3.05) is 18.5 Å². The highest BCUT2D eigenvalue weighted by Crippen LogP contribution is 2.29. The maximum atomic E-state index is 13.1. The van der Waals surface area contributed by atoms with Gasteiger partial charge in [-0.2, -0.15) is 11.8 Å². The third kappa shape index (κ3) is 5.70. The van der Waals surface area contributed by atoms with Gasteiger partial charge in [-0.25, -0.2) is 0 Å². The van der Waals surface area contributed by atoms with Crippen LogP contribution in [0, 0.1) is 0 Å². The molecule has 5 nitrogen and oxygen atoms in total. The molecule has 0 saturated carbocycles. The van der Waals surface area contributed by atoms with E-state index in [2.05, 4.69) is 11.4 Å². The van der Waals surface area contributed by atoms with Gasteiger partial charge >= 0.3 is 0 Å². The summed E-state index contributed by atoms with van der Waals surface area (Å²) >= 11 is 1.96. The molecule has 1 fully saturated rings. The number of hydrogen-bond acceptors (Lipinski definition) is 5. The molecule has 1 saturated heterocycles. The van der Waals surface area contributed by atoms with Crippen LogP contribution in [0.4, 0.5) is 5.69 Å². The number of carbonyl (C=O) groups is 1. The Labute approximate surface area is 187 Å². The standard InChI is InChI=1S/C25H29NO4S/c1-17(2)29-15-22-21-8-3-4-9-23(21)30-24(22)25(27)26-19-7-5-6-18(14-19)16-31-20-10-12-28-13-11-20/h3-9,14,17,20H,10-13,15-16H2,1-2H3,(H,26,27). The number of thioether (sulfide) groups is 1. The lowest BCUT2D eigenvalue weighted by atomic mass is 10.1. The van der Waals surface area contributed by atoms with Crippen molar-refractivity contribution in [3.63, 3.8) is 0 Å². The molecule has 0 spiro atoms. The Kier molecular flexibility index (Phi) is 7.33. The molecule has 4 rings (SSSR count). The first-order chi connectivity index (χ1) is 15.1. The molecule has 164 valence electrons. The zero-order chi connectivity index (χ0) is 21.6. The summed E-state index contributed by atoms with van der Waals surface area (Å²) in [6.45, 7) is 6.00. The van der Waals surface area contributed by atoms with E-state index in [1.54, 1.807) is 0 Å². The Morgan fingerprint density at radius 1 is 1.16 bits per heavy atom. The van der Waals surface area contributed by atoms with Crippen molar-refractivity contribution < 1.29 is 18.7 Å². The molecule has 1 aliphatic rings. The van der Waals surface area contributed by atoms with Crippen LogP contribution >= 0.6 is 11.8 Å². The minimum absolute atomic E-state index is 0.0643. The van der Waals surface area contributed by atoms with E-state index < -0.39 is 0 Å². The molecule has 2 aromatic carbocycles. The van der Waals surface area contributed by atoms with Crippen LogP contribution < -0.4 is 5.32 Å². The zero-order valence-corrected chi connectivity index (χ0v) is 18.9. The SMILES string of the molecule is CC(C)OCc1c(C(=O)Nc2cccc(CSC3CCOCC3)c2)oc2ccccc12. The Hall–Kier alpha value is -2.28. The van der Waals surface area contributed by atoms with Gasteiger partial charge < -0.3 is 19.2 Å². The normalized spacial score (nSPS) is 14.9. The molecule has 0 aliphatic carbocycles. The van der Waals surface area contributed by atoms with Gasteiger partial charge in [0, 0.05) is 40.9 Å². The number of amides is 1. The molecular formula is C25H29NO4S. The van der Waals surface area contributed by atoms with Crippen LogP contribution in [-0.4, -0.2) is 30.5 Å². The molecule has 0 atom stereocenters. The van der Waals surface area contributed by atoms with Crippen LogP contribution in [0.25, 0.3) is 11.0 Å². The van der Waals surface area contributed by atoms with Gasteiger partial charge in [-0.05, 0) is 50.5 Å². The van der Waals surface area contributed by atoms with Crippen molar-refractivity contribution >= 4 is 34.3 Å². The number of furan rings is 1. The van der Waals surface area contributed by atoms with Crippen molar-refractivity contribution in [3.05, 3.63) is 65.4 Å². The van der Waals surface area contributed by atoms with Gasteiger partial charge in [0.2, 0.25) is 0 Å². The first kappa shape index (κ1) is 21.9. The smallest absolute Gasteiger partial charge is 0.291 e. The predicted octanol–water partition coefficient (Wildman–Crippen LogP) is 6.02. The molecule has 1 amide bonds. The van der Waals surface area contributed by atoms with Gasteiger partial charge in [0.1, 0.15) is 5.58 Å². The fourth-order valence-electron chi connectivity index (χ4n) is 3.66. The lowest BCUT2D eigenvalue weighted by Gasteiger charge is -2.21. The average molecular weight is 440 g/mol. The van der Waals surface area contributed by atoms with E-state index in [4.69, 9.17) is 13.9 Å². The van der Waals surface area contributed by atoms with Crippen LogP contribution in [-0.2, 0) is 21.8 Å². The number of benzene rings is 2. The highest BCUT2D eigenvalue weighted by atomic mass is 32.2. The van der Waals surface area contributed by atoms with Crippen molar-refractivity contribution in [1.29, 1.82) is 0 Å². The van der Waals surface area contributed by atoms with Crippen molar-refractivity contribution in [2.45, 2.75) is 50.4 Å². The molecule has 0 radical (unpaired) electrons. The summed E-state index contributed by atoms with van der Waals surface area (Å²) in [7, 11) is 0. The number of fused-ring (bicyclic) bond motifs is 1. The quantitative estimate of drug-likeness (QED) is 0.465. The van der Waals surface area contributed by atoms with Gasteiger partial charge in [-0.1, -0.05) is 30.3 Å². The average Bonchev–Trinajstić information content (AvgIpc) is 3.16. The van der Waals surface area contributed by atoms with Crippen molar-refractivity contribution in [2.24, 2.45) is 0 Å². The molecule has 1 N–H and O–H groups in total. The highest BCUT2D eigenvalue weighted by molar-refractivity contribution is 7.99. The largest absolute Gasteiger partial charge is 0.451 e. The Morgan fingerprint density at radius 3 is 2.77 bits per heavy atom. The highest BCUT2D eigenvalue weighted by Gasteiger charge is 2.21. The Bertz CT molecular complexity index is 1020. The Morgan fingerprint density at radius 2 is 1.97 bits per heavy atom. The van der Waals surface area contributed by atoms with Crippen LogP contribution in [0.1, 0.15) is 48.4 Å². The fraction of sp³-hybridized carbons (Fsp3) is 0.400. The molecule has 3 aromatic rings. The van der Waals surface area contributed by atoms with E-state index in [1.165, 1.54) is 5.56 Å². The lowest BCUT2D eigenvalue weighted by molar-refractivity contribution is 0.0648. The van der Waals surface area contributed by atoms with Gasteiger partial charge in [0.15, 0.2) is 5.76 Å². The summed E-state index contributed by atoms with van der Waals surface area (Å²) in [6.07, 6.45) is 2.28. The molecular weight excluding hydrogens is 410 g/mol. The third-order valence-corrected chi connectivity index (χ3v) is 6.75. The summed E-state index contributed by atoms with van der Waals surface area (Å²) < 4.78 is 17.1. The summed E-state index contributed by atoms with van der Waals surface area (Å²) in [4.78, 5) is 13.1. The predicted molar refractivity (Wildman–Crippen MR) is 126 cm³/mol. The molecule has 1 aliphatic heterocycles. The van der Waals surface area contributed by atoms with Gasteiger partial charge in [0.05, 0.1) is 12.7 Å². The molecule has 0 unspecified atom stereocenters. The second-order valence-electron chi connectivity index (χ2n) is 8.04. The second kappa shape index (κ2) is 10.4. The molecule has 0 bridgehead atoms. The molecule has 2 heterocycles. The summed E-state index contributed by atoms with van der Waals surface area (Å²) in [5.74, 6) is 0.976. The van der Waals surface area contributed by atoms with Crippen LogP contribution in [0.15, 0.2) is 52.9 Å². The molecule has 31 heavy (non-hydrogen) atoms. The summed E-state index contributed by atoms with van der Waals surface area (Å²) in [5, 5.41) is 4.56. The van der Waals surface area contributed by atoms with E-state index >= 15 is 0 Å². The van der Waals surface area contributed by atoms with E-state index in [0.29, 0.717) is 23.2 Å². The maximum absolute atomic E-state index is 13.1. The van der Waals surface area contributed by atoms with Gasteiger partial charge in [-0.3, -0.25) is 4.79 Å². The van der Waals surface area contributed by atoms with Gasteiger partial charge in [0.25, 0.3) is 5.91 Å². The monoisotopic (exact) mass is 439 g/mol. The van der Waals surface area contributed by atoms with Crippen LogP contribution in [0.2, 0.25) is 0 Å². The Balaban J connectivity index is 1.47. The van der Waals surface area contributed by atoms with Crippen LogP contribution in [0.3, 0.4) is 0 Å². The van der Waals surface area contributed by atoms with E-state index in [0.717, 1.165) is 48.4 Å².